The molecule has 0 aliphatic heterocycles. The van der Waals surface area contributed by atoms with Gasteiger partial charge in [0, 0.05) is 18.7 Å². The highest BCUT2D eigenvalue weighted by Gasteiger charge is 2.12. The highest BCUT2D eigenvalue weighted by Crippen LogP contribution is 2.14. The summed E-state index contributed by atoms with van der Waals surface area (Å²) < 4.78 is 26.3. The minimum Gasteiger partial charge on any atom is -0.326 e. The van der Waals surface area contributed by atoms with Gasteiger partial charge in [-0.1, -0.05) is 26.7 Å². The number of carbonyl (C=O) groups excluding carboxylic acids is 1. The van der Waals surface area contributed by atoms with Crippen LogP contribution in [0.1, 0.15) is 46.0 Å². The third-order valence-corrected chi connectivity index (χ3v) is 4.47. The van der Waals surface area contributed by atoms with Crippen LogP contribution in [0.4, 0.5) is 5.69 Å². The Balaban J connectivity index is 2.60. The molecule has 1 rings (SSSR count). The van der Waals surface area contributed by atoms with Crippen LogP contribution < -0.4 is 10.0 Å². The van der Waals surface area contributed by atoms with Crippen molar-refractivity contribution < 1.29 is 13.2 Å². The van der Waals surface area contributed by atoms with Gasteiger partial charge in [0.15, 0.2) is 0 Å². The largest absolute Gasteiger partial charge is 0.326 e. The number of unbranched alkanes of at least 4 members (excludes halogenated alkanes) is 2. The molecule has 0 saturated heterocycles. The van der Waals surface area contributed by atoms with E-state index in [2.05, 4.69) is 17.0 Å². The van der Waals surface area contributed by atoms with Crippen molar-refractivity contribution in [3.8, 4) is 0 Å². The number of nitrogens with one attached hydrogen (secondary N) is 2. The van der Waals surface area contributed by atoms with Gasteiger partial charge in [0.1, 0.15) is 0 Å². The zero-order valence-electron chi connectivity index (χ0n) is 12.7. The van der Waals surface area contributed by atoms with Gasteiger partial charge in [-0.25, -0.2) is 13.1 Å². The van der Waals surface area contributed by atoms with Crippen LogP contribution in [0.2, 0.25) is 0 Å². The molecule has 1 amide bonds. The van der Waals surface area contributed by atoms with Gasteiger partial charge in [-0.2, -0.15) is 0 Å². The van der Waals surface area contributed by atoms with Crippen molar-refractivity contribution in [1.29, 1.82) is 0 Å². The molecule has 21 heavy (non-hydrogen) atoms. The SMILES string of the molecule is CCCCCC(=O)Nc1ccc(S(=O)(=O)NCCC)cc1. The van der Waals surface area contributed by atoms with Gasteiger partial charge in [0.2, 0.25) is 15.9 Å². The van der Waals surface area contributed by atoms with Crippen LogP contribution in [-0.2, 0) is 14.8 Å². The summed E-state index contributed by atoms with van der Waals surface area (Å²) in [6.07, 6.45) is 4.21. The van der Waals surface area contributed by atoms with E-state index in [1.807, 2.05) is 6.92 Å². The van der Waals surface area contributed by atoms with Gasteiger partial charge in [-0.3, -0.25) is 4.79 Å². The van der Waals surface area contributed by atoms with Crippen LogP contribution >= 0.6 is 0 Å². The molecule has 1 aromatic rings. The Bertz CT molecular complexity index is 539. The first-order chi connectivity index (χ1) is 9.99. The third kappa shape index (κ3) is 6.27. The molecule has 0 aromatic heterocycles. The lowest BCUT2D eigenvalue weighted by Crippen LogP contribution is -2.24. The second-order valence-electron chi connectivity index (χ2n) is 4.93. The minimum atomic E-state index is -3.45. The molecular weight excluding hydrogens is 288 g/mol. The van der Waals surface area contributed by atoms with E-state index in [9.17, 15) is 13.2 Å². The van der Waals surface area contributed by atoms with E-state index >= 15 is 0 Å². The molecule has 0 atom stereocenters. The van der Waals surface area contributed by atoms with Crippen LogP contribution in [0.3, 0.4) is 0 Å². The lowest BCUT2D eigenvalue weighted by atomic mass is 10.2. The molecule has 1 aromatic carbocycles. The van der Waals surface area contributed by atoms with Crippen molar-refractivity contribution in [3.05, 3.63) is 24.3 Å². The number of hydrogen-bond acceptors (Lipinski definition) is 3. The van der Waals surface area contributed by atoms with E-state index in [1.165, 1.54) is 12.1 Å². The molecule has 0 saturated carbocycles. The zero-order chi connectivity index (χ0) is 15.7. The van der Waals surface area contributed by atoms with Crippen LogP contribution in [0.5, 0.6) is 0 Å². The Morgan fingerprint density at radius 3 is 2.29 bits per heavy atom. The molecule has 0 heterocycles. The topological polar surface area (TPSA) is 75.3 Å². The van der Waals surface area contributed by atoms with Crippen LogP contribution in [0.25, 0.3) is 0 Å². The average molecular weight is 312 g/mol. The maximum Gasteiger partial charge on any atom is 0.240 e. The quantitative estimate of drug-likeness (QED) is 0.688. The molecule has 0 bridgehead atoms. The maximum atomic E-state index is 11.9. The van der Waals surface area contributed by atoms with Gasteiger partial charge in [0.05, 0.1) is 4.90 Å². The lowest BCUT2D eigenvalue weighted by molar-refractivity contribution is -0.116. The number of amides is 1. The summed E-state index contributed by atoms with van der Waals surface area (Å²) in [5, 5.41) is 2.77. The van der Waals surface area contributed by atoms with Gasteiger partial charge in [-0.15, -0.1) is 0 Å². The second-order valence-corrected chi connectivity index (χ2v) is 6.69. The Hall–Kier alpha value is -1.40. The van der Waals surface area contributed by atoms with Crippen LogP contribution in [-0.4, -0.2) is 20.9 Å². The van der Waals surface area contributed by atoms with Crippen molar-refractivity contribution in [2.75, 3.05) is 11.9 Å². The highest BCUT2D eigenvalue weighted by molar-refractivity contribution is 7.89. The summed E-state index contributed by atoms with van der Waals surface area (Å²) in [6, 6.07) is 6.22. The Labute approximate surface area is 127 Å². The van der Waals surface area contributed by atoms with Crippen molar-refractivity contribution >= 4 is 21.6 Å². The number of anilines is 1. The molecule has 0 unspecified atom stereocenters. The fourth-order valence-electron chi connectivity index (χ4n) is 1.80. The lowest BCUT2D eigenvalue weighted by Gasteiger charge is -2.08. The zero-order valence-corrected chi connectivity index (χ0v) is 13.5. The normalized spacial score (nSPS) is 11.3. The molecule has 2 N–H and O–H groups in total. The molecule has 5 nitrogen and oxygen atoms in total. The summed E-state index contributed by atoms with van der Waals surface area (Å²) in [4.78, 5) is 11.9. The van der Waals surface area contributed by atoms with E-state index in [-0.39, 0.29) is 10.8 Å². The Kier molecular flexibility index (Phi) is 7.39. The monoisotopic (exact) mass is 312 g/mol. The van der Waals surface area contributed by atoms with E-state index in [0.717, 1.165) is 25.7 Å². The van der Waals surface area contributed by atoms with Crippen molar-refractivity contribution in [2.45, 2.75) is 50.8 Å². The van der Waals surface area contributed by atoms with Crippen molar-refractivity contribution in [1.82, 2.24) is 4.72 Å². The highest BCUT2D eigenvalue weighted by atomic mass is 32.2. The predicted octanol–water partition coefficient (Wildman–Crippen LogP) is 2.89. The number of hydrogen-bond donors (Lipinski definition) is 2. The molecule has 0 aliphatic rings. The number of rotatable bonds is 9. The first-order valence-electron chi connectivity index (χ1n) is 7.39. The first kappa shape index (κ1) is 17.7. The van der Waals surface area contributed by atoms with E-state index in [0.29, 0.717) is 18.7 Å². The van der Waals surface area contributed by atoms with E-state index in [4.69, 9.17) is 0 Å². The maximum absolute atomic E-state index is 11.9. The van der Waals surface area contributed by atoms with Crippen molar-refractivity contribution in [2.24, 2.45) is 0 Å². The summed E-state index contributed by atoms with van der Waals surface area (Å²) in [7, 11) is -3.45. The Morgan fingerprint density at radius 2 is 1.71 bits per heavy atom. The molecule has 0 spiro atoms. The Morgan fingerprint density at radius 1 is 1.05 bits per heavy atom. The molecule has 0 aliphatic carbocycles. The first-order valence-corrected chi connectivity index (χ1v) is 8.87. The van der Waals surface area contributed by atoms with Gasteiger partial charge in [0.25, 0.3) is 0 Å². The predicted molar refractivity (Wildman–Crippen MR) is 84.7 cm³/mol. The van der Waals surface area contributed by atoms with Gasteiger partial charge >= 0.3 is 0 Å². The smallest absolute Gasteiger partial charge is 0.240 e. The van der Waals surface area contributed by atoms with Gasteiger partial charge in [-0.05, 0) is 37.1 Å². The van der Waals surface area contributed by atoms with Crippen LogP contribution in [0, 0.1) is 0 Å². The van der Waals surface area contributed by atoms with E-state index < -0.39 is 10.0 Å². The fraction of sp³-hybridized carbons (Fsp3) is 0.533. The summed E-state index contributed by atoms with van der Waals surface area (Å²) in [5.41, 5.74) is 0.617. The van der Waals surface area contributed by atoms with Gasteiger partial charge < -0.3 is 5.32 Å². The summed E-state index contributed by atoms with van der Waals surface area (Å²) >= 11 is 0. The molecule has 118 valence electrons. The molecule has 6 heteroatoms. The summed E-state index contributed by atoms with van der Waals surface area (Å²) in [6.45, 7) is 4.40. The number of benzene rings is 1. The standard InChI is InChI=1S/C15H24N2O3S/c1-3-5-6-7-15(18)17-13-8-10-14(11-9-13)21(19,20)16-12-4-2/h8-11,16H,3-7,12H2,1-2H3,(H,17,18). The fourth-order valence-corrected chi connectivity index (χ4v) is 2.93. The molecule has 0 radical (unpaired) electrons. The van der Waals surface area contributed by atoms with Crippen LogP contribution in [0.15, 0.2) is 29.2 Å². The summed E-state index contributed by atoms with van der Waals surface area (Å²) in [5.74, 6) is -0.0387. The molecular formula is C15H24N2O3S. The second kappa shape index (κ2) is 8.79. The number of sulfonamides is 1. The minimum absolute atomic E-state index is 0.0387. The van der Waals surface area contributed by atoms with Crippen molar-refractivity contribution in [3.63, 3.8) is 0 Å². The molecule has 0 fully saturated rings. The third-order valence-electron chi connectivity index (χ3n) is 3.00. The van der Waals surface area contributed by atoms with E-state index in [1.54, 1.807) is 12.1 Å². The number of carbonyl (C=O) groups is 1. The average Bonchev–Trinajstić information content (AvgIpc) is 2.46.